The zero-order valence-corrected chi connectivity index (χ0v) is 21.7. The quantitative estimate of drug-likeness (QED) is 0.483. The van der Waals surface area contributed by atoms with Crippen LogP contribution in [-0.4, -0.2) is 80.8 Å². The molecule has 3 heterocycles. The van der Waals surface area contributed by atoms with Gasteiger partial charge >= 0.3 is 0 Å². The van der Waals surface area contributed by atoms with Gasteiger partial charge in [0.2, 0.25) is 0 Å². The highest BCUT2D eigenvalue weighted by Crippen LogP contribution is 2.28. The van der Waals surface area contributed by atoms with Crippen LogP contribution < -0.4 is 15.5 Å². The largest absolute Gasteiger partial charge is 0.383 e. The summed E-state index contributed by atoms with van der Waals surface area (Å²) in [6, 6.07) is 6.17. The summed E-state index contributed by atoms with van der Waals surface area (Å²) in [5, 5.41) is 8.33. The van der Waals surface area contributed by atoms with Gasteiger partial charge < -0.3 is 25.0 Å². The number of amides is 2. The molecule has 0 unspecified atom stereocenters. The highest BCUT2D eigenvalue weighted by atomic mass is 32.1. The van der Waals surface area contributed by atoms with Crippen molar-refractivity contribution in [2.75, 3.05) is 57.2 Å². The number of carbonyl (C=O) groups is 2. The van der Waals surface area contributed by atoms with Gasteiger partial charge in [-0.05, 0) is 37.0 Å². The van der Waals surface area contributed by atoms with Crippen LogP contribution in [-0.2, 0) is 16.0 Å². The summed E-state index contributed by atoms with van der Waals surface area (Å²) in [6.07, 6.45) is 1.14. The Hall–Kier alpha value is -2.53. The number of anilines is 2. The minimum Gasteiger partial charge on any atom is -0.383 e. The summed E-state index contributed by atoms with van der Waals surface area (Å²) in [4.78, 5) is 35.1. The first kappa shape index (κ1) is 25.6. The summed E-state index contributed by atoms with van der Waals surface area (Å²) in [5.41, 5.74) is 2.28. The molecule has 2 amide bonds. The van der Waals surface area contributed by atoms with Gasteiger partial charge in [-0.3, -0.25) is 14.5 Å². The monoisotopic (exact) mass is 501 g/mol. The van der Waals surface area contributed by atoms with Crippen molar-refractivity contribution in [3.63, 3.8) is 0 Å². The van der Waals surface area contributed by atoms with Crippen molar-refractivity contribution in [1.29, 1.82) is 0 Å². The van der Waals surface area contributed by atoms with Gasteiger partial charge in [0.1, 0.15) is 5.69 Å². The van der Waals surface area contributed by atoms with Crippen LogP contribution >= 0.6 is 11.3 Å². The molecule has 4 rings (SSSR count). The molecule has 0 spiro atoms. The topological polar surface area (TPSA) is 96.0 Å². The molecule has 1 aromatic heterocycles. The number of rotatable bonds is 10. The number of hydrogen-bond acceptors (Lipinski definition) is 8. The number of methoxy groups -OCH3 is 2. The minimum atomic E-state index is -0.334. The summed E-state index contributed by atoms with van der Waals surface area (Å²) < 4.78 is 10.5. The van der Waals surface area contributed by atoms with Gasteiger partial charge in [-0.1, -0.05) is 13.0 Å². The number of nitrogens with one attached hydrogen (secondary N) is 2. The minimum absolute atomic E-state index is 0.191. The van der Waals surface area contributed by atoms with Crippen LogP contribution in [0.25, 0.3) is 0 Å². The highest BCUT2D eigenvalue weighted by molar-refractivity contribution is 7.14. The van der Waals surface area contributed by atoms with Crippen molar-refractivity contribution >= 4 is 34.0 Å². The van der Waals surface area contributed by atoms with Gasteiger partial charge in [-0.2, -0.15) is 0 Å². The van der Waals surface area contributed by atoms with E-state index in [0.717, 1.165) is 43.3 Å². The number of benzene rings is 1. The Kier molecular flexibility index (Phi) is 8.38. The van der Waals surface area contributed by atoms with E-state index in [9.17, 15) is 9.59 Å². The van der Waals surface area contributed by atoms with Crippen molar-refractivity contribution in [2.24, 2.45) is 5.92 Å². The van der Waals surface area contributed by atoms with Crippen LogP contribution in [0, 0.1) is 5.92 Å². The van der Waals surface area contributed by atoms with E-state index in [-0.39, 0.29) is 17.9 Å². The van der Waals surface area contributed by atoms with E-state index in [1.54, 1.807) is 19.6 Å². The second kappa shape index (κ2) is 11.5. The zero-order chi connectivity index (χ0) is 24.9. The maximum Gasteiger partial charge on any atom is 0.275 e. The van der Waals surface area contributed by atoms with Gasteiger partial charge in [0.25, 0.3) is 11.8 Å². The number of thiazole rings is 1. The van der Waals surface area contributed by atoms with E-state index in [1.165, 1.54) is 11.3 Å². The Labute approximate surface area is 210 Å². The van der Waals surface area contributed by atoms with E-state index in [1.807, 2.05) is 18.2 Å². The molecule has 35 heavy (non-hydrogen) atoms. The lowest BCUT2D eigenvalue weighted by atomic mass is 9.91. The third-order valence-corrected chi connectivity index (χ3v) is 7.85. The predicted molar refractivity (Wildman–Crippen MR) is 137 cm³/mol. The number of ether oxygens (including phenoxy) is 2. The fraction of sp³-hybridized carbons (Fsp3) is 0.560. The van der Waals surface area contributed by atoms with Crippen LogP contribution in [0.5, 0.6) is 0 Å². The third kappa shape index (κ3) is 6.00. The molecule has 0 aliphatic carbocycles. The molecular formula is C25H35N5O4S. The van der Waals surface area contributed by atoms with Gasteiger partial charge in [0, 0.05) is 58.4 Å². The van der Waals surface area contributed by atoms with Crippen LogP contribution in [0.4, 0.5) is 10.8 Å². The Morgan fingerprint density at radius 1 is 1.20 bits per heavy atom. The molecule has 2 fully saturated rings. The SMILES string of the molecule is COCCNC(=O)c1cc(CN2C[C@H](C)[C@H]2C)ccc1NC(=O)c1csc(N2CC[C@H](OC)C2)n1. The summed E-state index contributed by atoms with van der Waals surface area (Å²) in [5.74, 6) is 0.0963. The molecule has 0 radical (unpaired) electrons. The van der Waals surface area contributed by atoms with Gasteiger partial charge in [-0.15, -0.1) is 11.3 Å². The second-order valence-corrected chi connectivity index (χ2v) is 10.2. The van der Waals surface area contributed by atoms with Crippen LogP contribution in [0.1, 0.15) is 46.7 Å². The first-order chi connectivity index (χ1) is 16.9. The molecule has 190 valence electrons. The maximum absolute atomic E-state index is 13.0. The number of aromatic nitrogens is 1. The van der Waals surface area contributed by atoms with Crippen LogP contribution in [0.15, 0.2) is 23.6 Å². The van der Waals surface area contributed by atoms with E-state index in [4.69, 9.17) is 9.47 Å². The molecule has 3 atom stereocenters. The average molecular weight is 502 g/mol. The second-order valence-electron chi connectivity index (χ2n) is 9.34. The summed E-state index contributed by atoms with van der Waals surface area (Å²) in [6.45, 7) is 8.72. The Morgan fingerprint density at radius 3 is 2.71 bits per heavy atom. The van der Waals surface area contributed by atoms with Gasteiger partial charge in [0.05, 0.1) is 24.0 Å². The van der Waals surface area contributed by atoms with Crippen LogP contribution in [0.2, 0.25) is 0 Å². The normalized spacial score (nSPS) is 22.2. The first-order valence-corrected chi connectivity index (χ1v) is 13.0. The number of likely N-dealkylation sites (tertiary alicyclic amines) is 1. The lowest BCUT2D eigenvalue weighted by Gasteiger charge is -2.45. The highest BCUT2D eigenvalue weighted by Gasteiger charge is 2.31. The Balaban J connectivity index is 1.48. The molecule has 0 bridgehead atoms. The first-order valence-electron chi connectivity index (χ1n) is 12.1. The molecular weight excluding hydrogens is 466 g/mol. The number of nitrogens with zero attached hydrogens (tertiary/aromatic N) is 3. The number of carbonyl (C=O) groups excluding carboxylic acids is 2. The van der Waals surface area contributed by atoms with Crippen molar-refractivity contribution in [3.8, 4) is 0 Å². The molecule has 1 aromatic carbocycles. The predicted octanol–water partition coefficient (Wildman–Crippen LogP) is 2.84. The van der Waals surface area contributed by atoms with Gasteiger partial charge in [-0.25, -0.2) is 4.98 Å². The number of hydrogen-bond donors (Lipinski definition) is 2. The third-order valence-electron chi connectivity index (χ3n) is 6.95. The van der Waals surface area contributed by atoms with E-state index in [0.29, 0.717) is 42.1 Å². The fourth-order valence-electron chi connectivity index (χ4n) is 4.50. The van der Waals surface area contributed by atoms with E-state index < -0.39 is 0 Å². The molecule has 0 saturated carbocycles. The molecule has 2 N–H and O–H groups in total. The van der Waals surface area contributed by atoms with Crippen molar-refractivity contribution in [1.82, 2.24) is 15.2 Å². The molecule has 2 aliphatic rings. The molecule has 9 nitrogen and oxygen atoms in total. The molecule has 2 saturated heterocycles. The smallest absolute Gasteiger partial charge is 0.275 e. The zero-order valence-electron chi connectivity index (χ0n) is 20.9. The van der Waals surface area contributed by atoms with Crippen LogP contribution in [0.3, 0.4) is 0 Å². The average Bonchev–Trinajstić information content (AvgIpc) is 3.54. The fourth-order valence-corrected chi connectivity index (χ4v) is 5.34. The molecule has 2 aliphatic heterocycles. The van der Waals surface area contributed by atoms with Crippen molar-refractivity contribution in [3.05, 3.63) is 40.4 Å². The molecule has 2 aromatic rings. The Bertz CT molecular complexity index is 1040. The van der Waals surface area contributed by atoms with E-state index >= 15 is 0 Å². The summed E-state index contributed by atoms with van der Waals surface area (Å²) in [7, 11) is 3.31. The maximum atomic E-state index is 13.0. The lowest BCUT2D eigenvalue weighted by Crippen LogP contribution is -2.52. The Morgan fingerprint density at radius 2 is 2.03 bits per heavy atom. The standard InChI is InChI=1S/C25H35N5O4S/c1-16-12-30(17(16)2)13-18-5-6-21(20(11-18)23(31)26-8-10-33-3)27-24(32)22-15-35-25(28-22)29-9-7-19(14-29)34-4/h5-6,11,15-17,19H,7-10,12-14H2,1-4H3,(H,26,31)(H,27,32)/t16-,17+,19-/m0/s1. The van der Waals surface area contributed by atoms with Crippen molar-refractivity contribution in [2.45, 2.75) is 39.0 Å². The van der Waals surface area contributed by atoms with E-state index in [2.05, 4.69) is 39.3 Å². The van der Waals surface area contributed by atoms with Crippen molar-refractivity contribution < 1.29 is 19.1 Å². The summed E-state index contributed by atoms with van der Waals surface area (Å²) >= 11 is 1.44. The molecule has 10 heteroatoms. The lowest BCUT2D eigenvalue weighted by molar-refractivity contribution is 0.0306. The van der Waals surface area contributed by atoms with Gasteiger partial charge in [0.15, 0.2) is 5.13 Å².